The second-order valence-corrected chi connectivity index (χ2v) is 7.47. The number of aryl methyl sites for hydroxylation is 1. The Bertz CT molecular complexity index is 941. The highest BCUT2D eigenvalue weighted by Crippen LogP contribution is 2.25. The Morgan fingerprint density at radius 1 is 1.20 bits per heavy atom. The Morgan fingerprint density at radius 3 is 2.50 bits per heavy atom. The molecular weight excluding hydrogens is 378 g/mol. The van der Waals surface area contributed by atoms with E-state index in [9.17, 15) is 9.59 Å². The van der Waals surface area contributed by atoms with Gasteiger partial charge in [-0.2, -0.15) is 0 Å². The third-order valence-electron chi connectivity index (χ3n) is 5.53. The summed E-state index contributed by atoms with van der Waals surface area (Å²) >= 11 is 0. The molecule has 7 heteroatoms. The summed E-state index contributed by atoms with van der Waals surface area (Å²) in [7, 11) is 1.59. The van der Waals surface area contributed by atoms with Crippen molar-refractivity contribution in [2.75, 3.05) is 11.6 Å². The number of benzene rings is 1. The van der Waals surface area contributed by atoms with Crippen LogP contribution in [0.25, 0.3) is 0 Å². The van der Waals surface area contributed by atoms with Gasteiger partial charge in [0.05, 0.1) is 6.67 Å². The fourth-order valence-electron chi connectivity index (χ4n) is 3.82. The van der Waals surface area contributed by atoms with Gasteiger partial charge in [0.1, 0.15) is 5.69 Å². The van der Waals surface area contributed by atoms with Gasteiger partial charge >= 0.3 is 5.69 Å². The molecule has 2 aromatic rings. The first kappa shape index (κ1) is 23.6. The van der Waals surface area contributed by atoms with E-state index >= 15 is 0 Å². The quantitative estimate of drug-likeness (QED) is 0.536. The van der Waals surface area contributed by atoms with Gasteiger partial charge in [0.2, 0.25) is 0 Å². The van der Waals surface area contributed by atoms with Crippen LogP contribution in [-0.4, -0.2) is 29.0 Å². The number of aromatic nitrogens is 2. The molecule has 0 atom stereocenters. The Labute approximate surface area is 178 Å². The molecule has 2 N–H and O–H groups in total. The summed E-state index contributed by atoms with van der Waals surface area (Å²) in [5.74, 6) is 0.285. The first-order valence-corrected chi connectivity index (χ1v) is 10.8. The molecule has 7 nitrogen and oxygen atoms in total. The molecule has 0 unspecified atom stereocenters. The van der Waals surface area contributed by atoms with Crippen molar-refractivity contribution in [3.05, 3.63) is 56.2 Å². The SMILES string of the molecule is C=Nc1c(N(CNC2CCCCC2)Cc2ccccc2C)c(=O)[nH]c(=O)n1C.CC. The average Bonchev–Trinajstić information content (AvgIpc) is 2.77. The lowest BCUT2D eigenvalue weighted by atomic mass is 9.96. The smallest absolute Gasteiger partial charge is 0.329 e. The van der Waals surface area contributed by atoms with Crippen molar-refractivity contribution in [1.29, 1.82) is 0 Å². The summed E-state index contributed by atoms with van der Waals surface area (Å²) in [5, 5.41) is 3.60. The number of nitrogens with zero attached hydrogens (tertiary/aromatic N) is 3. The third kappa shape index (κ3) is 5.69. The number of H-pyrrole nitrogens is 1. The zero-order chi connectivity index (χ0) is 22.1. The lowest BCUT2D eigenvalue weighted by molar-refractivity contribution is 0.372. The Kier molecular flexibility index (Phi) is 9.05. The van der Waals surface area contributed by atoms with Gasteiger partial charge in [0, 0.05) is 19.6 Å². The van der Waals surface area contributed by atoms with E-state index in [-0.39, 0.29) is 5.82 Å². The zero-order valence-electron chi connectivity index (χ0n) is 18.7. The van der Waals surface area contributed by atoms with Crippen molar-refractivity contribution < 1.29 is 0 Å². The first-order chi connectivity index (χ1) is 14.5. The highest BCUT2D eigenvalue weighted by molar-refractivity contribution is 5.64. The highest BCUT2D eigenvalue weighted by Gasteiger charge is 2.21. The van der Waals surface area contributed by atoms with Gasteiger partial charge in [-0.05, 0) is 37.6 Å². The summed E-state index contributed by atoms with van der Waals surface area (Å²) in [4.78, 5) is 33.1. The molecule has 1 heterocycles. The van der Waals surface area contributed by atoms with Crippen LogP contribution >= 0.6 is 0 Å². The highest BCUT2D eigenvalue weighted by atomic mass is 16.2. The van der Waals surface area contributed by atoms with Crippen LogP contribution in [0.15, 0.2) is 38.8 Å². The van der Waals surface area contributed by atoms with Gasteiger partial charge in [-0.25, -0.2) is 9.79 Å². The summed E-state index contributed by atoms with van der Waals surface area (Å²) in [6, 6.07) is 8.55. The Morgan fingerprint density at radius 2 is 1.87 bits per heavy atom. The predicted molar refractivity (Wildman–Crippen MR) is 125 cm³/mol. The van der Waals surface area contributed by atoms with Crippen LogP contribution in [0.3, 0.4) is 0 Å². The summed E-state index contributed by atoms with van der Waals surface area (Å²) in [6.07, 6.45) is 6.05. The maximum atomic E-state index is 12.7. The maximum Gasteiger partial charge on any atom is 0.329 e. The van der Waals surface area contributed by atoms with Crippen molar-refractivity contribution in [3.63, 3.8) is 0 Å². The van der Waals surface area contributed by atoms with E-state index in [0.717, 1.165) is 24.0 Å². The second-order valence-electron chi connectivity index (χ2n) is 7.47. The summed E-state index contributed by atoms with van der Waals surface area (Å²) in [5.41, 5.74) is 1.70. The van der Waals surface area contributed by atoms with Gasteiger partial charge in [-0.1, -0.05) is 57.4 Å². The number of aromatic amines is 1. The number of anilines is 1. The molecule has 0 spiro atoms. The largest absolute Gasteiger partial charge is 0.347 e. The predicted octanol–water partition coefficient (Wildman–Crippen LogP) is 3.63. The standard InChI is InChI=1S/C21H29N5O2.C2H6/c1-15-9-7-8-10-16(15)13-26(14-23-17-11-5-4-6-12-17)18-19(22-2)25(3)21(28)24-20(18)27;1-2/h7-10,17,23H,2,4-6,11-14H2,1,3H3,(H,24,27,28);1-2H3. The molecular formula is C23H35N5O2. The van der Waals surface area contributed by atoms with E-state index in [1.807, 2.05) is 30.9 Å². The molecule has 1 fully saturated rings. The zero-order valence-corrected chi connectivity index (χ0v) is 18.7. The van der Waals surface area contributed by atoms with E-state index in [1.165, 1.54) is 23.8 Å². The molecule has 3 rings (SSSR count). The average molecular weight is 414 g/mol. The number of aliphatic imine (C=N–C) groups is 1. The third-order valence-corrected chi connectivity index (χ3v) is 5.53. The molecule has 0 bridgehead atoms. The van der Waals surface area contributed by atoms with Crippen LogP contribution in [0, 0.1) is 6.92 Å². The van der Waals surface area contributed by atoms with E-state index < -0.39 is 11.2 Å². The van der Waals surface area contributed by atoms with Crippen LogP contribution in [0.1, 0.15) is 57.1 Å². The van der Waals surface area contributed by atoms with E-state index in [2.05, 4.69) is 41.1 Å². The maximum absolute atomic E-state index is 12.7. The first-order valence-electron chi connectivity index (χ1n) is 10.8. The van der Waals surface area contributed by atoms with Crippen LogP contribution in [0.2, 0.25) is 0 Å². The number of hydrogen-bond acceptors (Lipinski definition) is 5. The lowest BCUT2D eigenvalue weighted by Crippen LogP contribution is -2.44. The van der Waals surface area contributed by atoms with Gasteiger partial charge in [-0.15, -0.1) is 0 Å². The van der Waals surface area contributed by atoms with Crippen molar-refractivity contribution in [1.82, 2.24) is 14.9 Å². The van der Waals surface area contributed by atoms with Crippen molar-refractivity contribution in [3.8, 4) is 0 Å². The lowest BCUT2D eigenvalue weighted by Gasteiger charge is -2.30. The van der Waals surface area contributed by atoms with Gasteiger partial charge in [-0.3, -0.25) is 19.7 Å². The Balaban J connectivity index is 0.00000155. The minimum atomic E-state index is -0.493. The van der Waals surface area contributed by atoms with Crippen LogP contribution in [0.5, 0.6) is 0 Å². The normalized spacial score (nSPS) is 14.0. The monoisotopic (exact) mass is 413 g/mol. The van der Waals surface area contributed by atoms with E-state index in [1.54, 1.807) is 7.05 Å². The van der Waals surface area contributed by atoms with Gasteiger partial charge in [0.25, 0.3) is 5.56 Å². The van der Waals surface area contributed by atoms with E-state index in [4.69, 9.17) is 0 Å². The molecule has 0 aliphatic heterocycles. The van der Waals surface area contributed by atoms with Gasteiger partial charge < -0.3 is 4.90 Å². The number of nitrogens with one attached hydrogen (secondary N) is 2. The Hall–Kier alpha value is -2.67. The molecule has 1 saturated carbocycles. The molecule has 30 heavy (non-hydrogen) atoms. The molecule has 1 aromatic heterocycles. The topological polar surface area (TPSA) is 82.5 Å². The molecule has 164 valence electrons. The van der Waals surface area contributed by atoms with Gasteiger partial charge in [0.15, 0.2) is 5.82 Å². The molecule has 0 radical (unpaired) electrons. The summed E-state index contributed by atoms with van der Waals surface area (Å²) < 4.78 is 1.33. The number of rotatable bonds is 7. The fraction of sp³-hybridized carbons (Fsp3) is 0.522. The number of hydrogen-bond donors (Lipinski definition) is 2. The fourth-order valence-corrected chi connectivity index (χ4v) is 3.82. The molecule has 1 aliphatic carbocycles. The molecule has 1 aliphatic rings. The van der Waals surface area contributed by atoms with Crippen LogP contribution < -0.4 is 21.5 Å². The van der Waals surface area contributed by atoms with Crippen molar-refractivity contribution in [2.45, 2.75) is 65.5 Å². The minimum Gasteiger partial charge on any atom is -0.347 e. The minimum absolute atomic E-state index is 0.285. The van der Waals surface area contributed by atoms with Crippen molar-refractivity contribution in [2.24, 2.45) is 12.0 Å². The molecule has 0 saturated heterocycles. The molecule has 0 amide bonds. The molecule has 1 aromatic carbocycles. The van der Waals surface area contributed by atoms with Crippen LogP contribution in [-0.2, 0) is 13.6 Å². The second kappa shape index (κ2) is 11.5. The summed E-state index contributed by atoms with van der Waals surface area (Å²) in [6.45, 7) is 10.7. The van der Waals surface area contributed by atoms with E-state index in [0.29, 0.717) is 24.9 Å². The van der Waals surface area contributed by atoms with Crippen molar-refractivity contribution >= 4 is 18.2 Å². The van der Waals surface area contributed by atoms with Crippen LogP contribution in [0.4, 0.5) is 11.5 Å².